The Balaban J connectivity index is 1.30. The van der Waals surface area contributed by atoms with Crippen molar-refractivity contribution in [2.45, 2.75) is 0 Å². The zero-order chi connectivity index (χ0) is 34.4. The van der Waals surface area contributed by atoms with Crippen molar-refractivity contribution >= 4 is 43.4 Å². The Kier molecular flexibility index (Phi) is 7.10. The lowest BCUT2D eigenvalue weighted by Crippen LogP contribution is -1.98. The fraction of sp³-hybridized carbons (Fsp3) is 0. The molecule has 0 N–H and O–H groups in total. The Morgan fingerprint density at radius 2 is 0.808 bits per heavy atom. The van der Waals surface area contributed by atoms with Gasteiger partial charge in [-0.2, -0.15) is 0 Å². The summed E-state index contributed by atoms with van der Waals surface area (Å²) in [4.78, 5) is 20.4. The van der Waals surface area contributed by atoms with E-state index in [1.54, 1.807) is 0 Å². The van der Waals surface area contributed by atoms with Gasteiger partial charge in [0.15, 0.2) is 5.82 Å². The minimum Gasteiger partial charge on any atom is -0.254 e. The van der Waals surface area contributed by atoms with Crippen LogP contribution >= 0.6 is 0 Å². The fourth-order valence-electron chi connectivity index (χ4n) is 7.46. The first-order valence-corrected chi connectivity index (χ1v) is 17.5. The van der Waals surface area contributed by atoms with Gasteiger partial charge in [0.25, 0.3) is 0 Å². The lowest BCUT2D eigenvalue weighted by molar-refractivity contribution is 1.19. The van der Waals surface area contributed by atoms with Gasteiger partial charge in [-0.15, -0.1) is 0 Å². The third kappa shape index (κ3) is 5.17. The molecule has 0 aliphatic carbocycles. The molecule has 7 aromatic carbocycles. The van der Waals surface area contributed by atoms with Gasteiger partial charge in [0.1, 0.15) is 0 Å². The Bertz CT molecular complexity index is 2760. The number of hydrogen-bond acceptors (Lipinski definition) is 4. The zero-order valence-electron chi connectivity index (χ0n) is 28.1. The van der Waals surface area contributed by atoms with Gasteiger partial charge in [0, 0.05) is 39.9 Å². The Morgan fingerprint density at radius 1 is 0.308 bits per heavy atom. The summed E-state index contributed by atoms with van der Waals surface area (Å²) in [5.41, 5.74) is 10.9. The molecule has 4 nitrogen and oxygen atoms in total. The van der Waals surface area contributed by atoms with E-state index in [0.717, 1.165) is 77.5 Å². The standard InChI is InChI=1S/C48H30N4/c1-3-13-31(14-4-1)35-25-36(32-15-5-2-6-16-32)27-37(26-35)48-51-44(42-28-33-17-7-8-19-38(33)39-20-9-10-21-40(39)42)30-45(52-48)43-29-34-18-11-23-49-46(34)47-41(43)22-12-24-50-47/h1-30H. The molecule has 0 amide bonds. The number of fused-ring (bicyclic) bond motifs is 6. The summed E-state index contributed by atoms with van der Waals surface area (Å²) in [6.45, 7) is 0. The summed E-state index contributed by atoms with van der Waals surface area (Å²) in [6, 6.07) is 59.7. The van der Waals surface area contributed by atoms with Crippen molar-refractivity contribution < 1.29 is 0 Å². The highest BCUT2D eigenvalue weighted by Crippen LogP contribution is 2.40. The molecule has 0 saturated heterocycles. The van der Waals surface area contributed by atoms with Crippen LogP contribution in [0.3, 0.4) is 0 Å². The topological polar surface area (TPSA) is 51.6 Å². The third-order valence-corrected chi connectivity index (χ3v) is 9.91. The van der Waals surface area contributed by atoms with Crippen molar-refractivity contribution in [2.24, 2.45) is 0 Å². The van der Waals surface area contributed by atoms with Crippen molar-refractivity contribution in [3.8, 4) is 56.2 Å². The van der Waals surface area contributed by atoms with Crippen molar-refractivity contribution in [1.29, 1.82) is 0 Å². The van der Waals surface area contributed by atoms with Crippen LogP contribution < -0.4 is 0 Å². The van der Waals surface area contributed by atoms with Gasteiger partial charge in [0.2, 0.25) is 0 Å². The number of nitrogens with zero attached hydrogens (tertiary/aromatic N) is 4. The average Bonchev–Trinajstić information content (AvgIpc) is 3.23. The maximum Gasteiger partial charge on any atom is 0.160 e. The molecule has 4 heteroatoms. The minimum absolute atomic E-state index is 0.656. The number of benzene rings is 7. The van der Waals surface area contributed by atoms with Crippen molar-refractivity contribution in [2.75, 3.05) is 0 Å². The predicted octanol–water partition coefficient (Wildman–Crippen LogP) is 12.2. The van der Waals surface area contributed by atoms with E-state index in [1.807, 2.05) is 24.5 Å². The van der Waals surface area contributed by atoms with E-state index in [2.05, 4.69) is 158 Å². The predicted molar refractivity (Wildman–Crippen MR) is 215 cm³/mol. The van der Waals surface area contributed by atoms with Crippen LogP contribution in [0.4, 0.5) is 0 Å². The summed E-state index contributed by atoms with van der Waals surface area (Å²) < 4.78 is 0. The second-order valence-electron chi connectivity index (χ2n) is 13.1. The van der Waals surface area contributed by atoms with Gasteiger partial charge in [-0.3, -0.25) is 9.97 Å². The van der Waals surface area contributed by atoms with E-state index in [-0.39, 0.29) is 0 Å². The molecule has 0 saturated carbocycles. The zero-order valence-corrected chi connectivity index (χ0v) is 28.1. The highest BCUT2D eigenvalue weighted by molar-refractivity contribution is 6.14. The molecule has 0 fully saturated rings. The highest BCUT2D eigenvalue weighted by atomic mass is 14.9. The second kappa shape index (κ2) is 12.4. The molecular formula is C48H30N4. The number of rotatable bonds is 5. The summed E-state index contributed by atoms with van der Waals surface area (Å²) in [5, 5.41) is 6.74. The number of hydrogen-bond donors (Lipinski definition) is 0. The lowest BCUT2D eigenvalue weighted by atomic mass is 9.93. The minimum atomic E-state index is 0.656. The molecule has 242 valence electrons. The molecule has 3 heterocycles. The maximum absolute atomic E-state index is 5.43. The Labute approximate surface area is 300 Å². The Hall–Kier alpha value is -7.04. The molecule has 3 aromatic heterocycles. The molecular weight excluding hydrogens is 633 g/mol. The molecule has 10 aromatic rings. The summed E-state index contributed by atoms with van der Waals surface area (Å²) in [6.07, 6.45) is 3.66. The number of pyridine rings is 2. The molecule has 0 spiro atoms. The number of aromatic nitrogens is 4. The monoisotopic (exact) mass is 662 g/mol. The van der Waals surface area contributed by atoms with Crippen LogP contribution in [0, 0.1) is 0 Å². The molecule has 0 unspecified atom stereocenters. The van der Waals surface area contributed by atoms with Gasteiger partial charge in [-0.05, 0) is 92.3 Å². The molecule has 0 aliphatic rings. The smallest absolute Gasteiger partial charge is 0.160 e. The van der Waals surface area contributed by atoms with Crippen LogP contribution in [0.1, 0.15) is 0 Å². The fourth-order valence-corrected chi connectivity index (χ4v) is 7.46. The van der Waals surface area contributed by atoms with Crippen LogP contribution in [0.15, 0.2) is 182 Å². The molecule has 0 radical (unpaired) electrons. The summed E-state index contributed by atoms with van der Waals surface area (Å²) in [5.74, 6) is 0.656. The van der Waals surface area contributed by atoms with Gasteiger partial charge in [-0.1, -0.05) is 121 Å². The maximum atomic E-state index is 5.43. The largest absolute Gasteiger partial charge is 0.254 e. The summed E-state index contributed by atoms with van der Waals surface area (Å²) in [7, 11) is 0. The Morgan fingerprint density at radius 3 is 1.52 bits per heavy atom. The lowest BCUT2D eigenvalue weighted by Gasteiger charge is -2.16. The highest BCUT2D eigenvalue weighted by Gasteiger charge is 2.18. The van der Waals surface area contributed by atoms with E-state index in [4.69, 9.17) is 19.9 Å². The van der Waals surface area contributed by atoms with Crippen LogP contribution in [-0.2, 0) is 0 Å². The SMILES string of the molecule is c1ccc(-c2cc(-c3ccccc3)cc(-c3nc(-c4cc5ccccc5c5ccccc45)cc(-c4cc5cccnc5c5ncccc45)n3)c2)cc1. The van der Waals surface area contributed by atoms with Crippen LogP contribution in [0.2, 0.25) is 0 Å². The molecule has 0 atom stereocenters. The van der Waals surface area contributed by atoms with Crippen molar-refractivity contribution in [1.82, 2.24) is 19.9 Å². The van der Waals surface area contributed by atoms with Crippen LogP contribution in [0.5, 0.6) is 0 Å². The summed E-state index contributed by atoms with van der Waals surface area (Å²) >= 11 is 0. The third-order valence-electron chi connectivity index (χ3n) is 9.91. The first kappa shape index (κ1) is 29.8. The first-order valence-electron chi connectivity index (χ1n) is 17.5. The van der Waals surface area contributed by atoms with Crippen LogP contribution in [0.25, 0.3) is 99.5 Å². The first-order chi connectivity index (χ1) is 25.8. The molecule has 0 bridgehead atoms. The van der Waals surface area contributed by atoms with E-state index in [1.165, 1.54) is 16.2 Å². The van der Waals surface area contributed by atoms with Gasteiger partial charge in [0.05, 0.1) is 22.4 Å². The van der Waals surface area contributed by atoms with Crippen LogP contribution in [-0.4, -0.2) is 19.9 Å². The van der Waals surface area contributed by atoms with E-state index in [0.29, 0.717) is 5.82 Å². The second-order valence-corrected chi connectivity index (χ2v) is 13.1. The average molecular weight is 663 g/mol. The van der Waals surface area contributed by atoms with Gasteiger partial charge >= 0.3 is 0 Å². The van der Waals surface area contributed by atoms with E-state index < -0.39 is 0 Å². The normalized spacial score (nSPS) is 11.5. The van der Waals surface area contributed by atoms with Gasteiger partial charge in [-0.25, -0.2) is 9.97 Å². The molecule has 10 rings (SSSR count). The quantitative estimate of drug-likeness (QED) is 0.172. The van der Waals surface area contributed by atoms with E-state index >= 15 is 0 Å². The molecule has 52 heavy (non-hydrogen) atoms. The van der Waals surface area contributed by atoms with Crippen molar-refractivity contribution in [3.05, 3.63) is 182 Å². The van der Waals surface area contributed by atoms with E-state index in [9.17, 15) is 0 Å². The van der Waals surface area contributed by atoms with Crippen molar-refractivity contribution in [3.63, 3.8) is 0 Å². The molecule has 0 aliphatic heterocycles. The van der Waals surface area contributed by atoms with Gasteiger partial charge < -0.3 is 0 Å².